The minimum Gasteiger partial charge on any atom is -0.297 e. The van der Waals surface area contributed by atoms with Crippen molar-refractivity contribution in [3.8, 4) is 0 Å². The minimum absolute atomic E-state index is 0.666. The van der Waals surface area contributed by atoms with Gasteiger partial charge in [0.1, 0.15) is 0 Å². The molecule has 3 unspecified atom stereocenters. The van der Waals surface area contributed by atoms with Crippen LogP contribution in [-0.2, 0) is 0 Å². The SMILES string of the molecule is CCC12CCCC1N(C(C)C)CCC(C)CC2. The van der Waals surface area contributed by atoms with Gasteiger partial charge in [-0.1, -0.05) is 26.7 Å². The normalized spacial score (nSPS) is 40.1. The first kappa shape index (κ1) is 13.4. The van der Waals surface area contributed by atoms with Gasteiger partial charge < -0.3 is 0 Å². The van der Waals surface area contributed by atoms with Crippen LogP contribution < -0.4 is 0 Å². The number of rotatable bonds is 2. The van der Waals surface area contributed by atoms with E-state index in [1.807, 2.05) is 0 Å². The Kier molecular flexibility index (Phi) is 4.18. The third-order valence-electron chi connectivity index (χ3n) is 5.64. The fourth-order valence-corrected chi connectivity index (χ4v) is 4.34. The van der Waals surface area contributed by atoms with Gasteiger partial charge in [0.2, 0.25) is 0 Å². The molecule has 1 saturated carbocycles. The maximum atomic E-state index is 2.84. The highest BCUT2D eigenvalue weighted by Crippen LogP contribution is 2.49. The van der Waals surface area contributed by atoms with Gasteiger partial charge in [-0.15, -0.1) is 0 Å². The van der Waals surface area contributed by atoms with Crippen molar-refractivity contribution in [1.82, 2.24) is 4.90 Å². The molecule has 2 aliphatic rings. The van der Waals surface area contributed by atoms with Crippen molar-refractivity contribution in [2.45, 2.75) is 84.7 Å². The van der Waals surface area contributed by atoms with Crippen molar-refractivity contribution in [3.63, 3.8) is 0 Å². The van der Waals surface area contributed by atoms with Crippen LogP contribution in [0.4, 0.5) is 0 Å². The molecule has 0 amide bonds. The summed E-state index contributed by atoms with van der Waals surface area (Å²) in [6.45, 7) is 11.0. The second-order valence-corrected chi connectivity index (χ2v) is 6.89. The zero-order valence-electron chi connectivity index (χ0n) is 12.3. The van der Waals surface area contributed by atoms with Gasteiger partial charge in [0.05, 0.1) is 0 Å². The highest BCUT2D eigenvalue weighted by molar-refractivity contribution is 4.99. The van der Waals surface area contributed by atoms with Gasteiger partial charge in [0, 0.05) is 12.1 Å². The average molecular weight is 237 g/mol. The first-order valence-electron chi connectivity index (χ1n) is 7.85. The van der Waals surface area contributed by atoms with Crippen LogP contribution in [0.2, 0.25) is 0 Å². The molecule has 0 bridgehead atoms. The van der Waals surface area contributed by atoms with Crippen LogP contribution in [0.3, 0.4) is 0 Å². The van der Waals surface area contributed by atoms with Gasteiger partial charge in [0.15, 0.2) is 0 Å². The van der Waals surface area contributed by atoms with Crippen molar-refractivity contribution in [2.75, 3.05) is 6.54 Å². The van der Waals surface area contributed by atoms with Crippen LogP contribution >= 0.6 is 0 Å². The molecule has 0 aromatic rings. The lowest BCUT2D eigenvalue weighted by Gasteiger charge is -2.46. The van der Waals surface area contributed by atoms with Crippen LogP contribution in [0.25, 0.3) is 0 Å². The monoisotopic (exact) mass is 237 g/mol. The number of likely N-dealkylation sites (tertiary alicyclic amines) is 1. The third kappa shape index (κ3) is 2.54. The highest BCUT2D eigenvalue weighted by atomic mass is 15.2. The van der Waals surface area contributed by atoms with Crippen molar-refractivity contribution < 1.29 is 0 Å². The molecular weight excluding hydrogens is 206 g/mol. The van der Waals surface area contributed by atoms with Crippen molar-refractivity contribution >= 4 is 0 Å². The summed E-state index contributed by atoms with van der Waals surface area (Å²) in [4.78, 5) is 2.84. The first-order chi connectivity index (χ1) is 8.09. The van der Waals surface area contributed by atoms with Gasteiger partial charge in [-0.2, -0.15) is 0 Å². The predicted molar refractivity (Wildman–Crippen MR) is 75.2 cm³/mol. The molecule has 0 aromatic heterocycles. The van der Waals surface area contributed by atoms with E-state index in [-0.39, 0.29) is 0 Å². The van der Waals surface area contributed by atoms with Crippen LogP contribution in [0, 0.1) is 11.3 Å². The van der Waals surface area contributed by atoms with Gasteiger partial charge in [-0.05, 0) is 63.8 Å². The standard InChI is InChI=1S/C16H31N/c1-5-16-10-6-7-15(16)17(13(2)3)12-9-14(4)8-11-16/h13-15H,5-12H2,1-4H3. The lowest BCUT2D eigenvalue weighted by atomic mass is 9.72. The van der Waals surface area contributed by atoms with Gasteiger partial charge in [-0.3, -0.25) is 4.90 Å². The fraction of sp³-hybridized carbons (Fsp3) is 1.00. The Balaban J connectivity index is 2.21. The second-order valence-electron chi connectivity index (χ2n) is 6.89. The smallest absolute Gasteiger partial charge is 0.0154 e. The van der Waals surface area contributed by atoms with Gasteiger partial charge in [0.25, 0.3) is 0 Å². The summed E-state index contributed by atoms with van der Waals surface area (Å²) in [6, 6.07) is 1.62. The Hall–Kier alpha value is -0.0400. The van der Waals surface area contributed by atoms with E-state index in [1.54, 1.807) is 0 Å². The highest BCUT2D eigenvalue weighted by Gasteiger charge is 2.45. The van der Waals surface area contributed by atoms with E-state index in [0.29, 0.717) is 5.41 Å². The van der Waals surface area contributed by atoms with E-state index < -0.39 is 0 Å². The Morgan fingerprint density at radius 3 is 2.59 bits per heavy atom. The average Bonchev–Trinajstić information content (AvgIpc) is 2.68. The van der Waals surface area contributed by atoms with Gasteiger partial charge in [-0.25, -0.2) is 0 Å². The molecular formula is C16H31N. The van der Waals surface area contributed by atoms with E-state index in [4.69, 9.17) is 0 Å². The summed E-state index contributed by atoms with van der Waals surface area (Å²) in [7, 11) is 0. The van der Waals surface area contributed by atoms with Crippen LogP contribution in [-0.4, -0.2) is 23.5 Å². The molecule has 1 heteroatoms. The number of fused-ring (bicyclic) bond motifs is 1. The van der Waals surface area contributed by atoms with E-state index in [9.17, 15) is 0 Å². The quantitative estimate of drug-likeness (QED) is 0.685. The molecule has 0 radical (unpaired) electrons. The van der Waals surface area contributed by atoms with Crippen molar-refractivity contribution in [3.05, 3.63) is 0 Å². The summed E-state index contributed by atoms with van der Waals surface area (Å²) in [5, 5.41) is 0. The van der Waals surface area contributed by atoms with Crippen LogP contribution in [0.1, 0.15) is 72.6 Å². The molecule has 1 aliphatic carbocycles. The molecule has 3 atom stereocenters. The Morgan fingerprint density at radius 1 is 1.18 bits per heavy atom. The largest absolute Gasteiger partial charge is 0.297 e. The summed E-state index contributed by atoms with van der Waals surface area (Å²) in [5.74, 6) is 0.932. The van der Waals surface area contributed by atoms with E-state index in [0.717, 1.165) is 18.0 Å². The van der Waals surface area contributed by atoms with Crippen molar-refractivity contribution in [2.24, 2.45) is 11.3 Å². The second kappa shape index (κ2) is 5.30. The van der Waals surface area contributed by atoms with E-state index in [2.05, 4.69) is 32.6 Å². The van der Waals surface area contributed by atoms with E-state index in [1.165, 1.54) is 51.5 Å². The zero-order valence-corrected chi connectivity index (χ0v) is 12.3. The lowest BCUT2D eigenvalue weighted by Crippen LogP contribution is -2.49. The summed E-state index contributed by atoms with van der Waals surface area (Å²) in [6.07, 6.45) is 10.2. The summed E-state index contributed by atoms with van der Waals surface area (Å²) in [5.41, 5.74) is 0.666. The molecule has 2 fully saturated rings. The van der Waals surface area contributed by atoms with Crippen LogP contribution in [0.15, 0.2) is 0 Å². The molecule has 0 N–H and O–H groups in total. The third-order valence-corrected chi connectivity index (χ3v) is 5.64. The maximum Gasteiger partial charge on any atom is 0.0154 e. The number of hydrogen-bond acceptors (Lipinski definition) is 1. The Morgan fingerprint density at radius 2 is 1.94 bits per heavy atom. The molecule has 0 aromatic carbocycles. The molecule has 100 valence electrons. The maximum absolute atomic E-state index is 2.84. The number of nitrogens with zero attached hydrogens (tertiary/aromatic N) is 1. The van der Waals surface area contributed by atoms with Crippen molar-refractivity contribution in [1.29, 1.82) is 0 Å². The Labute approximate surface area is 108 Å². The minimum atomic E-state index is 0.666. The Bertz CT molecular complexity index is 248. The molecule has 1 nitrogen and oxygen atoms in total. The zero-order chi connectivity index (χ0) is 12.5. The topological polar surface area (TPSA) is 3.24 Å². The molecule has 1 aliphatic heterocycles. The van der Waals surface area contributed by atoms with Gasteiger partial charge >= 0.3 is 0 Å². The first-order valence-corrected chi connectivity index (χ1v) is 7.85. The molecule has 0 spiro atoms. The molecule has 1 heterocycles. The van der Waals surface area contributed by atoms with E-state index >= 15 is 0 Å². The van der Waals surface area contributed by atoms with Crippen LogP contribution in [0.5, 0.6) is 0 Å². The fourth-order valence-electron chi connectivity index (χ4n) is 4.34. The molecule has 1 saturated heterocycles. The molecule has 17 heavy (non-hydrogen) atoms. The molecule has 2 rings (SSSR count). The summed E-state index contributed by atoms with van der Waals surface area (Å²) >= 11 is 0. The summed E-state index contributed by atoms with van der Waals surface area (Å²) < 4.78 is 0. The predicted octanol–water partition coefficient (Wildman–Crippen LogP) is 4.47. The lowest BCUT2D eigenvalue weighted by molar-refractivity contribution is 0.0295. The number of hydrogen-bond donors (Lipinski definition) is 0.